The molecule has 0 unspecified atom stereocenters. The maximum absolute atomic E-state index is 13.4. The molecule has 6 nitrogen and oxygen atoms in total. The van der Waals surface area contributed by atoms with E-state index in [9.17, 15) is 9.59 Å². The fourth-order valence-electron chi connectivity index (χ4n) is 3.83. The molecule has 0 spiro atoms. The van der Waals surface area contributed by atoms with Gasteiger partial charge < -0.3 is 9.32 Å². The molecule has 3 aromatic rings. The van der Waals surface area contributed by atoms with Gasteiger partial charge in [-0.05, 0) is 44.4 Å². The second kappa shape index (κ2) is 8.36. The van der Waals surface area contributed by atoms with Crippen molar-refractivity contribution in [2.75, 3.05) is 12.8 Å². The Morgan fingerprint density at radius 3 is 2.83 bits per heavy atom. The highest BCUT2D eigenvalue weighted by atomic mass is 32.2. The SMILES string of the molecule is Cc1sc2nc(SCC(=O)N(C)Cc3ccco3)n(C3CCCC3)c(=O)c2c1C. The Labute approximate surface area is 177 Å². The monoisotopic (exact) mass is 431 g/mol. The maximum Gasteiger partial charge on any atom is 0.263 e. The Hall–Kier alpha value is -2.06. The van der Waals surface area contributed by atoms with Gasteiger partial charge >= 0.3 is 0 Å². The summed E-state index contributed by atoms with van der Waals surface area (Å²) in [4.78, 5) is 34.4. The van der Waals surface area contributed by atoms with Crippen molar-refractivity contribution >= 4 is 39.2 Å². The van der Waals surface area contributed by atoms with E-state index in [-0.39, 0.29) is 23.3 Å². The molecule has 0 aromatic carbocycles. The molecule has 0 saturated heterocycles. The summed E-state index contributed by atoms with van der Waals surface area (Å²) in [5, 5.41) is 1.40. The first kappa shape index (κ1) is 20.2. The van der Waals surface area contributed by atoms with Crippen molar-refractivity contribution in [3.8, 4) is 0 Å². The Morgan fingerprint density at radius 1 is 1.38 bits per heavy atom. The van der Waals surface area contributed by atoms with Gasteiger partial charge in [-0.25, -0.2) is 4.98 Å². The molecule has 1 aliphatic carbocycles. The van der Waals surface area contributed by atoms with Gasteiger partial charge in [0, 0.05) is 18.0 Å². The number of hydrogen-bond acceptors (Lipinski definition) is 6. The minimum Gasteiger partial charge on any atom is -0.467 e. The van der Waals surface area contributed by atoms with Crippen LogP contribution in [0.5, 0.6) is 0 Å². The predicted molar refractivity (Wildman–Crippen MR) is 117 cm³/mol. The number of hydrogen-bond donors (Lipinski definition) is 0. The average molecular weight is 432 g/mol. The van der Waals surface area contributed by atoms with Gasteiger partial charge in [0.2, 0.25) is 5.91 Å². The minimum atomic E-state index is -0.0164. The van der Waals surface area contributed by atoms with Gasteiger partial charge in [0.15, 0.2) is 5.16 Å². The zero-order valence-corrected chi connectivity index (χ0v) is 18.6. The van der Waals surface area contributed by atoms with Gasteiger partial charge in [-0.2, -0.15) is 0 Å². The molecule has 3 heterocycles. The van der Waals surface area contributed by atoms with Crippen molar-refractivity contribution in [2.45, 2.75) is 57.3 Å². The summed E-state index contributed by atoms with van der Waals surface area (Å²) in [6, 6.07) is 3.84. The highest BCUT2D eigenvalue weighted by molar-refractivity contribution is 7.99. The number of carbonyl (C=O) groups is 1. The summed E-state index contributed by atoms with van der Waals surface area (Å²) in [6.07, 6.45) is 5.86. The summed E-state index contributed by atoms with van der Waals surface area (Å²) >= 11 is 2.92. The molecule has 3 aromatic heterocycles. The van der Waals surface area contributed by atoms with Crippen LogP contribution in [-0.2, 0) is 11.3 Å². The van der Waals surface area contributed by atoms with E-state index in [1.807, 2.05) is 30.5 Å². The number of nitrogens with zero attached hydrogens (tertiary/aromatic N) is 3. The van der Waals surface area contributed by atoms with Crippen molar-refractivity contribution < 1.29 is 9.21 Å². The molecule has 0 bridgehead atoms. The van der Waals surface area contributed by atoms with Crippen LogP contribution in [0.3, 0.4) is 0 Å². The van der Waals surface area contributed by atoms with Crippen LogP contribution < -0.4 is 5.56 Å². The lowest BCUT2D eigenvalue weighted by Gasteiger charge is -2.19. The lowest BCUT2D eigenvalue weighted by Crippen LogP contribution is -2.29. The van der Waals surface area contributed by atoms with Crippen molar-refractivity contribution in [3.05, 3.63) is 45.0 Å². The zero-order chi connectivity index (χ0) is 20.5. The molecule has 4 rings (SSSR count). The number of carbonyl (C=O) groups excluding carboxylic acids is 1. The van der Waals surface area contributed by atoms with Crippen LogP contribution in [0.2, 0.25) is 0 Å². The van der Waals surface area contributed by atoms with E-state index in [0.29, 0.717) is 11.7 Å². The van der Waals surface area contributed by atoms with Crippen LogP contribution in [-0.4, -0.2) is 33.2 Å². The molecule has 0 aliphatic heterocycles. The van der Waals surface area contributed by atoms with Crippen molar-refractivity contribution in [1.29, 1.82) is 0 Å². The molecule has 0 radical (unpaired) electrons. The molecule has 0 N–H and O–H groups in total. The Morgan fingerprint density at radius 2 is 2.14 bits per heavy atom. The van der Waals surface area contributed by atoms with Gasteiger partial charge in [-0.15, -0.1) is 11.3 Å². The lowest BCUT2D eigenvalue weighted by atomic mass is 10.2. The largest absolute Gasteiger partial charge is 0.467 e. The molecule has 1 aliphatic rings. The summed E-state index contributed by atoms with van der Waals surface area (Å²) in [5.74, 6) is 0.973. The van der Waals surface area contributed by atoms with E-state index in [2.05, 4.69) is 0 Å². The molecule has 1 fully saturated rings. The van der Waals surface area contributed by atoms with E-state index in [0.717, 1.165) is 52.1 Å². The van der Waals surface area contributed by atoms with E-state index >= 15 is 0 Å². The van der Waals surface area contributed by atoms with Crippen LogP contribution in [0, 0.1) is 13.8 Å². The molecule has 1 amide bonds. The predicted octanol–water partition coefficient (Wildman–Crippen LogP) is 4.53. The summed E-state index contributed by atoms with van der Waals surface area (Å²) in [5.41, 5.74) is 1.07. The summed E-state index contributed by atoms with van der Waals surface area (Å²) in [6.45, 7) is 4.45. The molecular formula is C21H25N3O3S2. The molecule has 1 saturated carbocycles. The Bertz CT molecular complexity index is 1080. The third-order valence-corrected chi connectivity index (χ3v) is 7.65. The molecule has 8 heteroatoms. The number of rotatable bonds is 6. The number of amides is 1. The van der Waals surface area contributed by atoms with E-state index in [1.165, 1.54) is 11.8 Å². The van der Waals surface area contributed by atoms with Gasteiger partial charge in [0.1, 0.15) is 10.6 Å². The van der Waals surface area contributed by atoms with Crippen LogP contribution in [0.15, 0.2) is 32.8 Å². The van der Waals surface area contributed by atoms with Crippen LogP contribution in [0.1, 0.15) is 47.9 Å². The fourth-order valence-corrected chi connectivity index (χ4v) is 5.91. The quantitative estimate of drug-likeness (QED) is 0.424. The molecule has 29 heavy (non-hydrogen) atoms. The number of furan rings is 1. The topological polar surface area (TPSA) is 68.3 Å². The smallest absolute Gasteiger partial charge is 0.263 e. The highest BCUT2D eigenvalue weighted by Crippen LogP contribution is 2.34. The third-order valence-electron chi connectivity index (χ3n) is 5.62. The number of fused-ring (bicyclic) bond motifs is 1. The van der Waals surface area contributed by atoms with Gasteiger partial charge in [0.05, 0.1) is 23.9 Å². The summed E-state index contributed by atoms with van der Waals surface area (Å²) < 4.78 is 7.18. The normalized spacial score (nSPS) is 14.7. The van der Waals surface area contributed by atoms with Crippen molar-refractivity contribution in [2.24, 2.45) is 0 Å². The fraction of sp³-hybridized carbons (Fsp3) is 0.476. The van der Waals surface area contributed by atoms with Gasteiger partial charge in [0.25, 0.3) is 5.56 Å². The van der Waals surface area contributed by atoms with Gasteiger partial charge in [-0.1, -0.05) is 24.6 Å². The van der Waals surface area contributed by atoms with Crippen molar-refractivity contribution in [1.82, 2.24) is 14.5 Å². The van der Waals surface area contributed by atoms with Crippen molar-refractivity contribution in [3.63, 3.8) is 0 Å². The summed E-state index contributed by atoms with van der Waals surface area (Å²) in [7, 11) is 1.76. The molecule has 154 valence electrons. The third kappa shape index (κ3) is 4.00. The second-order valence-electron chi connectivity index (χ2n) is 7.59. The maximum atomic E-state index is 13.4. The van der Waals surface area contributed by atoms with Crippen LogP contribution >= 0.6 is 23.1 Å². The highest BCUT2D eigenvalue weighted by Gasteiger charge is 2.25. The standard InChI is InChI=1S/C21H25N3O3S2/c1-13-14(2)29-19-18(13)20(26)24(15-7-4-5-8-15)21(22-19)28-12-17(25)23(3)11-16-9-6-10-27-16/h6,9-10,15H,4-5,7-8,11-12H2,1-3H3. The Kier molecular flexibility index (Phi) is 5.83. The minimum absolute atomic E-state index is 0.0164. The first-order valence-electron chi connectivity index (χ1n) is 9.87. The Balaban J connectivity index is 1.61. The van der Waals surface area contributed by atoms with E-state index < -0.39 is 0 Å². The van der Waals surface area contributed by atoms with Crippen LogP contribution in [0.25, 0.3) is 10.2 Å². The first-order valence-corrected chi connectivity index (χ1v) is 11.7. The first-order chi connectivity index (χ1) is 14.0. The lowest BCUT2D eigenvalue weighted by molar-refractivity contribution is -0.127. The molecular weight excluding hydrogens is 406 g/mol. The van der Waals surface area contributed by atoms with E-state index in [4.69, 9.17) is 9.40 Å². The number of aryl methyl sites for hydroxylation is 2. The number of aromatic nitrogens is 2. The number of thiophene rings is 1. The second-order valence-corrected chi connectivity index (χ2v) is 9.73. The average Bonchev–Trinajstić information content (AvgIpc) is 3.43. The van der Waals surface area contributed by atoms with E-state index in [1.54, 1.807) is 29.5 Å². The van der Waals surface area contributed by atoms with Gasteiger partial charge in [-0.3, -0.25) is 14.2 Å². The van der Waals surface area contributed by atoms with Crippen LogP contribution in [0.4, 0.5) is 0 Å². The number of thioether (sulfide) groups is 1. The zero-order valence-electron chi connectivity index (χ0n) is 16.9. The molecule has 0 atom stereocenters.